The Morgan fingerprint density at radius 1 is 1.31 bits per heavy atom. The molecule has 0 saturated carbocycles. The zero-order valence-corrected chi connectivity index (χ0v) is 9.59. The molecule has 1 N–H and O–H groups in total. The molecule has 0 amide bonds. The fourth-order valence-corrected chi connectivity index (χ4v) is 1.66. The van der Waals surface area contributed by atoms with E-state index in [4.69, 9.17) is 0 Å². The van der Waals surface area contributed by atoms with Gasteiger partial charge in [-0.25, -0.2) is 0 Å². The monoisotopic (exact) mass is 216 g/mol. The molecule has 1 aromatic carbocycles. The number of nitrogens with zero attached hydrogens (tertiary/aromatic N) is 2. The van der Waals surface area contributed by atoms with Gasteiger partial charge in [0.2, 0.25) is 0 Å². The van der Waals surface area contributed by atoms with E-state index >= 15 is 0 Å². The number of aromatic nitrogens is 2. The lowest BCUT2D eigenvalue weighted by atomic mass is 10.0. The zero-order chi connectivity index (χ0) is 11.5. The van der Waals surface area contributed by atoms with Crippen LogP contribution in [0.15, 0.2) is 36.7 Å². The van der Waals surface area contributed by atoms with Crippen molar-refractivity contribution in [3.63, 3.8) is 0 Å². The van der Waals surface area contributed by atoms with Crippen molar-refractivity contribution in [3.8, 4) is 0 Å². The molecule has 3 heteroatoms. The SMILES string of the molecule is Cc1ccc(C(O)Cn2cccn2)cc1C. The molecule has 1 atom stereocenters. The van der Waals surface area contributed by atoms with Gasteiger partial charge in [-0.05, 0) is 36.6 Å². The Morgan fingerprint density at radius 3 is 2.75 bits per heavy atom. The molecular formula is C13H16N2O. The molecule has 1 aromatic heterocycles. The predicted molar refractivity (Wildman–Crippen MR) is 63.1 cm³/mol. The van der Waals surface area contributed by atoms with Gasteiger partial charge in [0.05, 0.1) is 12.6 Å². The first-order valence-corrected chi connectivity index (χ1v) is 5.39. The molecule has 0 radical (unpaired) electrons. The van der Waals surface area contributed by atoms with E-state index in [1.54, 1.807) is 10.9 Å². The van der Waals surface area contributed by atoms with Crippen molar-refractivity contribution in [1.29, 1.82) is 0 Å². The van der Waals surface area contributed by atoms with Gasteiger partial charge in [-0.3, -0.25) is 4.68 Å². The van der Waals surface area contributed by atoms with Gasteiger partial charge >= 0.3 is 0 Å². The standard InChI is InChI=1S/C13H16N2O/c1-10-4-5-12(8-11(10)2)13(16)9-15-7-3-6-14-15/h3-8,13,16H,9H2,1-2H3. The van der Waals surface area contributed by atoms with Crippen LogP contribution in [0.1, 0.15) is 22.8 Å². The van der Waals surface area contributed by atoms with E-state index in [0.29, 0.717) is 6.54 Å². The van der Waals surface area contributed by atoms with Crippen LogP contribution in [0.4, 0.5) is 0 Å². The molecule has 1 unspecified atom stereocenters. The smallest absolute Gasteiger partial charge is 0.0985 e. The fourth-order valence-electron chi connectivity index (χ4n) is 1.66. The maximum atomic E-state index is 10.0. The topological polar surface area (TPSA) is 38.0 Å². The Bertz CT molecular complexity index is 463. The number of benzene rings is 1. The third kappa shape index (κ3) is 2.31. The molecule has 16 heavy (non-hydrogen) atoms. The first-order valence-electron chi connectivity index (χ1n) is 5.39. The van der Waals surface area contributed by atoms with Gasteiger partial charge in [0.15, 0.2) is 0 Å². The zero-order valence-electron chi connectivity index (χ0n) is 9.59. The lowest BCUT2D eigenvalue weighted by Gasteiger charge is -2.12. The second kappa shape index (κ2) is 4.49. The number of aryl methyl sites for hydroxylation is 2. The highest BCUT2D eigenvalue weighted by molar-refractivity contribution is 5.31. The summed E-state index contributed by atoms with van der Waals surface area (Å²) in [7, 11) is 0. The van der Waals surface area contributed by atoms with Crippen molar-refractivity contribution in [2.45, 2.75) is 26.5 Å². The molecule has 2 aromatic rings. The van der Waals surface area contributed by atoms with Crippen molar-refractivity contribution in [2.24, 2.45) is 0 Å². The summed E-state index contributed by atoms with van der Waals surface area (Å²) in [6, 6.07) is 7.89. The number of aliphatic hydroxyl groups is 1. The molecule has 0 fully saturated rings. The van der Waals surface area contributed by atoms with E-state index in [9.17, 15) is 5.11 Å². The van der Waals surface area contributed by atoms with Crippen LogP contribution < -0.4 is 0 Å². The summed E-state index contributed by atoms with van der Waals surface area (Å²) in [5.74, 6) is 0. The maximum absolute atomic E-state index is 10.0. The van der Waals surface area contributed by atoms with Gasteiger partial charge in [0.25, 0.3) is 0 Å². The van der Waals surface area contributed by atoms with Gasteiger partial charge in [0, 0.05) is 12.4 Å². The molecule has 0 aliphatic carbocycles. The highest BCUT2D eigenvalue weighted by atomic mass is 16.3. The molecule has 0 aliphatic rings. The summed E-state index contributed by atoms with van der Waals surface area (Å²) in [5.41, 5.74) is 3.39. The fraction of sp³-hybridized carbons (Fsp3) is 0.308. The van der Waals surface area contributed by atoms with Crippen LogP contribution in [0.5, 0.6) is 0 Å². The predicted octanol–water partition coefficient (Wildman–Crippen LogP) is 2.23. The normalized spacial score (nSPS) is 12.7. The quantitative estimate of drug-likeness (QED) is 0.854. The van der Waals surface area contributed by atoms with Gasteiger partial charge in [-0.15, -0.1) is 0 Å². The van der Waals surface area contributed by atoms with Crippen LogP contribution in [0, 0.1) is 13.8 Å². The van der Waals surface area contributed by atoms with Crippen LogP contribution in [-0.4, -0.2) is 14.9 Å². The minimum absolute atomic E-state index is 0.496. The Kier molecular flexibility index (Phi) is 3.06. The molecule has 2 rings (SSSR count). The van der Waals surface area contributed by atoms with Gasteiger partial charge < -0.3 is 5.11 Å². The van der Waals surface area contributed by atoms with E-state index in [1.165, 1.54) is 11.1 Å². The van der Waals surface area contributed by atoms with Crippen LogP contribution >= 0.6 is 0 Å². The second-order valence-electron chi connectivity index (χ2n) is 4.09. The first-order chi connectivity index (χ1) is 7.66. The van der Waals surface area contributed by atoms with Crippen LogP contribution in [0.2, 0.25) is 0 Å². The van der Waals surface area contributed by atoms with Crippen molar-refractivity contribution >= 4 is 0 Å². The van der Waals surface area contributed by atoms with E-state index in [0.717, 1.165) is 5.56 Å². The van der Waals surface area contributed by atoms with E-state index in [1.807, 2.05) is 30.5 Å². The summed E-state index contributed by atoms with van der Waals surface area (Å²) in [4.78, 5) is 0. The van der Waals surface area contributed by atoms with Crippen LogP contribution in [-0.2, 0) is 6.54 Å². The van der Waals surface area contributed by atoms with Gasteiger partial charge in [-0.1, -0.05) is 18.2 Å². The number of hydrogen-bond acceptors (Lipinski definition) is 2. The number of rotatable bonds is 3. The van der Waals surface area contributed by atoms with Crippen molar-refractivity contribution in [2.75, 3.05) is 0 Å². The Balaban J connectivity index is 2.14. The second-order valence-corrected chi connectivity index (χ2v) is 4.09. The Morgan fingerprint density at radius 2 is 2.12 bits per heavy atom. The van der Waals surface area contributed by atoms with Crippen LogP contribution in [0.3, 0.4) is 0 Å². The molecule has 1 heterocycles. The Hall–Kier alpha value is -1.61. The molecule has 3 nitrogen and oxygen atoms in total. The molecule has 0 aliphatic heterocycles. The summed E-state index contributed by atoms with van der Waals surface area (Å²) in [6.45, 7) is 4.62. The molecular weight excluding hydrogens is 200 g/mol. The summed E-state index contributed by atoms with van der Waals surface area (Å²) in [5, 5.41) is 14.1. The molecule has 0 saturated heterocycles. The minimum atomic E-state index is -0.501. The van der Waals surface area contributed by atoms with Crippen molar-refractivity contribution in [1.82, 2.24) is 9.78 Å². The summed E-state index contributed by atoms with van der Waals surface area (Å²) >= 11 is 0. The first kappa shape index (κ1) is 10.9. The van der Waals surface area contributed by atoms with Crippen LogP contribution in [0.25, 0.3) is 0 Å². The largest absolute Gasteiger partial charge is 0.386 e. The number of aliphatic hydroxyl groups excluding tert-OH is 1. The lowest BCUT2D eigenvalue weighted by Crippen LogP contribution is -2.09. The van der Waals surface area contributed by atoms with Gasteiger partial charge in [0.1, 0.15) is 0 Å². The average Bonchev–Trinajstić information content (AvgIpc) is 2.74. The molecule has 84 valence electrons. The molecule has 0 spiro atoms. The third-order valence-corrected chi connectivity index (χ3v) is 2.83. The van der Waals surface area contributed by atoms with Crippen molar-refractivity contribution in [3.05, 3.63) is 53.3 Å². The maximum Gasteiger partial charge on any atom is 0.0985 e. The highest BCUT2D eigenvalue weighted by Crippen LogP contribution is 2.18. The molecule has 0 bridgehead atoms. The van der Waals surface area contributed by atoms with Crippen molar-refractivity contribution < 1.29 is 5.11 Å². The van der Waals surface area contributed by atoms with E-state index < -0.39 is 6.10 Å². The highest BCUT2D eigenvalue weighted by Gasteiger charge is 2.09. The number of hydrogen-bond donors (Lipinski definition) is 1. The minimum Gasteiger partial charge on any atom is -0.386 e. The summed E-state index contributed by atoms with van der Waals surface area (Å²) < 4.78 is 1.74. The van der Waals surface area contributed by atoms with E-state index in [2.05, 4.69) is 18.9 Å². The van der Waals surface area contributed by atoms with Gasteiger partial charge in [-0.2, -0.15) is 5.10 Å². The lowest BCUT2D eigenvalue weighted by molar-refractivity contribution is 0.151. The Labute approximate surface area is 95.3 Å². The summed E-state index contributed by atoms with van der Waals surface area (Å²) in [6.07, 6.45) is 3.07. The average molecular weight is 216 g/mol. The third-order valence-electron chi connectivity index (χ3n) is 2.83. The van der Waals surface area contributed by atoms with E-state index in [-0.39, 0.29) is 0 Å².